The van der Waals surface area contributed by atoms with Crippen LogP contribution in [-0.4, -0.2) is 22.8 Å². The topological polar surface area (TPSA) is 83.5 Å². The van der Waals surface area contributed by atoms with Gasteiger partial charge in [0, 0.05) is 0 Å². The first-order chi connectivity index (χ1) is 5.97. The first kappa shape index (κ1) is 10.2. The SMILES string of the molecule is C[C@](N)(CO)c1csc(C(=O)O)c1. The number of carbonyl (C=O) groups is 1. The van der Waals surface area contributed by atoms with Crippen molar-refractivity contribution in [2.75, 3.05) is 6.61 Å². The summed E-state index contributed by atoms with van der Waals surface area (Å²) in [6.07, 6.45) is 0. The van der Waals surface area contributed by atoms with Gasteiger partial charge in [0.25, 0.3) is 0 Å². The van der Waals surface area contributed by atoms with E-state index in [0.29, 0.717) is 5.56 Å². The third kappa shape index (κ3) is 2.06. The quantitative estimate of drug-likeness (QED) is 0.669. The van der Waals surface area contributed by atoms with Crippen LogP contribution in [0.1, 0.15) is 22.2 Å². The van der Waals surface area contributed by atoms with E-state index in [-0.39, 0.29) is 11.5 Å². The zero-order valence-electron chi connectivity index (χ0n) is 7.15. The Bertz CT molecular complexity index is 319. The number of rotatable bonds is 3. The molecule has 5 heteroatoms. The fourth-order valence-corrected chi connectivity index (χ4v) is 1.73. The molecule has 4 nitrogen and oxygen atoms in total. The van der Waals surface area contributed by atoms with Gasteiger partial charge in [-0.15, -0.1) is 11.3 Å². The number of thiophene rings is 1. The molecule has 13 heavy (non-hydrogen) atoms. The van der Waals surface area contributed by atoms with Crippen molar-refractivity contribution in [3.63, 3.8) is 0 Å². The van der Waals surface area contributed by atoms with Crippen LogP contribution >= 0.6 is 11.3 Å². The third-order valence-electron chi connectivity index (χ3n) is 1.80. The summed E-state index contributed by atoms with van der Waals surface area (Å²) in [5.74, 6) is -0.968. The molecule has 0 aliphatic heterocycles. The Labute approximate surface area is 79.6 Å². The van der Waals surface area contributed by atoms with Crippen molar-refractivity contribution in [3.05, 3.63) is 21.9 Å². The van der Waals surface area contributed by atoms with Gasteiger partial charge in [0.2, 0.25) is 0 Å². The molecule has 0 bridgehead atoms. The molecule has 1 heterocycles. The highest BCUT2D eigenvalue weighted by molar-refractivity contribution is 7.12. The number of carboxylic acid groups (broad SMARTS) is 1. The minimum Gasteiger partial charge on any atom is -0.477 e. The van der Waals surface area contributed by atoms with E-state index in [1.165, 1.54) is 6.07 Å². The van der Waals surface area contributed by atoms with Crippen molar-refractivity contribution in [1.29, 1.82) is 0 Å². The van der Waals surface area contributed by atoms with Crippen LogP contribution in [0.4, 0.5) is 0 Å². The Morgan fingerprint density at radius 1 is 1.77 bits per heavy atom. The van der Waals surface area contributed by atoms with Gasteiger partial charge in [0.1, 0.15) is 4.88 Å². The Kier molecular flexibility index (Phi) is 2.70. The van der Waals surface area contributed by atoms with Gasteiger partial charge >= 0.3 is 5.97 Å². The van der Waals surface area contributed by atoms with Crippen LogP contribution in [0.5, 0.6) is 0 Å². The van der Waals surface area contributed by atoms with Crippen LogP contribution in [0, 0.1) is 0 Å². The highest BCUT2D eigenvalue weighted by atomic mass is 32.1. The summed E-state index contributed by atoms with van der Waals surface area (Å²) >= 11 is 1.11. The number of hydrogen-bond donors (Lipinski definition) is 3. The molecule has 1 rings (SSSR count). The number of hydrogen-bond acceptors (Lipinski definition) is 4. The van der Waals surface area contributed by atoms with Gasteiger partial charge in [-0.1, -0.05) is 0 Å². The maximum absolute atomic E-state index is 10.5. The molecule has 0 aromatic carbocycles. The van der Waals surface area contributed by atoms with Crippen LogP contribution in [0.2, 0.25) is 0 Å². The summed E-state index contributed by atoms with van der Waals surface area (Å²) in [6, 6.07) is 1.49. The number of carboxylic acids is 1. The average Bonchev–Trinajstić information content (AvgIpc) is 2.52. The van der Waals surface area contributed by atoms with Crippen LogP contribution < -0.4 is 5.73 Å². The zero-order chi connectivity index (χ0) is 10.1. The minimum atomic E-state index is -0.968. The monoisotopic (exact) mass is 201 g/mol. The second kappa shape index (κ2) is 3.45. The van der Waals surface area contributed by atoms with Crippen LogP contribution in [0.3, 0.4) is 0 Å². The van der Waals surface area contributed by atoms with Gasteiger partial charge in [-0.2, -0.15) is 0 Å². The smallest absolute Gasteiger partial charge is 0.345 e. The fraction of sp³-hybridized carbons (Fsp3) is 0.375. The van der Waals surface area contributed by atoms with E-state index >= 15 is 0 Å². The summed E-state index contributed by atoms with van der Waals surface area (Å²) in [5.41, 5.74) is 5.51. The molecular formula is C8H11NO3S. The first-order valence-corrected chi connectivity index (χ1v) is 4.57. The first-order valence-electron chi connectivity index (χ1n) is 3.69. The van der Waals surface area contributed by atoms with E-state index in [1.54, 1.807) is 12.3 Å². The standard InChI is InChI=1S/C8H11NO3S/c1-8(9,4-10)5-2-6(7(11)12)13-3-5/h2-3,10H,4,9H2,1H3,(H,11,12)/t8-/m0/s1. The van der Waals surface area contributed by atoms with Gasteiger partial charge < -0.3 is 15.9 Å². The normalized spacial score (nSPS) is 15.3. The molecule has 0 aliphatic rings. The van der Waals surface area contributed by atoms with Crippen molar-refractivity contribution in [2.45, 2.75) is 12.5 Å². The Morgan fingerprint density at radius 3 is 2.77 bits per heavy atom. The fourth-order valence-electron chi connectivity index (χ4n) is 0.839. The Balaban J connectivity index is 2.98. The number of aliphatic hydroxyl groups is 1. The van der Waals surface area contributed by atoms with Crippen molar-refractivity contribution in [2.24, 2.45) is 5.73 Å². The predicted octanol–water partition coefficient (Wildman–Crippen LogP) is 0.613. The van der Waals surface area contributed by atoms with E-state index in [0.717, 1.165) is 11.3 Å². The summed E-state index contributed by atoms with van der Waals surface area (Å²) in [6.45, 7) is 1.45. The molecule has 0 radical (unpaired) electrons. The second-order valence-electron chi connectivity index (χ2n) is 3.08. The Morgan fingerprint density at radius 2 is 2.38 bits per heavy atom. The van der Waals surface area contributed by atoms with Crippen LogP contribution in [-0.2, 0) is 5.54 Å². The highest BCUT2D eigenvalue weighted by Crippen LogP contribution is 2.23. The number of nitrogens with two attached hydrogens (primary N) is 1. The lowest BCUT2D eigenvalue weighted by Crippen LogP contribution is -2.36. The van der Waals surface area contributed by atoms with E-state index in [2.05, 4.69) is 0 Å². The second-order valence-corrected chi connectivity index (χ2v) is 3.99. The molecule has 0 spiro atoms. The molecule has 0 amide bonds. The summed E-state index contributed by atoms with van der Waals surface area (Å²) in [4.78, 5) is 10.8. The van der Waals surface area contributed by atoms with Crippen molar-refractivity contribution >= 4 is 17.3 Å². The molecule has 4 N–H and O–H groups in total. The van der Waals surface area contributed by atoms with Gasteiger partial charge in [-0.25, -0.2) is 4.79 Å². The average molecular weight is 201 g/mol. The number of aliphatic hydroxyl groups excluding tert-OH is 1. The largest absolute Gasteiger partial charge is 0.477 e. The summed E-state index contributed by atoms with van der Waals surface area (Å²) in [7, 11) is 0. The van der Waals surface area contributed by atoms with Crippen molar-refractivity contribution < 1.29 is 15.0 Å². The number of aromatic carboxylic acids is 1. The van der Waals surface area contributed by atoms with Crippen molar-refractivity contribution in [1.82, 2.24) is 0 Å². The van der Waals surface area contributed by atoms with E-state index in [9.17, 15) is 4.79 Å². The molecular weight excluding hydrogens is 190 g/mol. The lowest BCUT2D eigenvalue weighted by atomic mass is 9.97. The van der Waals surface area contributed by atoms with Gasteiger partial charge in [0.05, 0.1) is 12.1 Å². The lowest BCUT2D eigenvalue weighted by molar-refractivity contribution is 0.0702. The minimum absolute atomic E-state index is 0.206. The lowest BCUT2D eigenvalue weighted by Gasteiger charge is -2.19. The molecule has 1 aromatic rings. The predicted molar refractivity (Wildman–Crippen MR) is 49.9 cm³/mol. The molecule has 1 atom stereocenters. The van der Waals surface area contributed by atoms with E-state index < -0.39 is 11.5 Å². The van der Waals surface area contributed by atoms with E-state index in [4.69, 9.17) is 15.9 Å². The summed E-state index contributed by atoms with van der Waals surface area (Å²) < 4.78 is 0. The van der Waals surface area contributed by atoms with Crippen LogP contribution in [0.25, 0.3) is 0 Å². The summed E-state index contributed by atoms with van der Waals surface area (Å²) in [5, 5.41) is 19.2. The van der Waals surface area contributed by atoms with Crippen LogP contribution in [0.15, 0.2) is 11.4 Å². The Hall–Kier alpha value is -0.910. The van der Waals surface area contributed by atoms with Crippen molar-refractivity contribution in [3.8, 4) is 0 Å². The molecule has 72 valence electrons. The highest BCUT2D eigenvalue weighted by Gasteiger charge is 2.22. The molecule has 0 aliphatic carbocycles. The molecule has 0 saturated carbocycles. The molecule has 0 unspecified atom stereocenters. The zero-order valence-corrected chi connectivity index (χ0v) is 7.97. The van der Waals surface area contributed by atoms with Gasteiger partial charge in [-0.3, -0.25) is 0 Å². The molecule has 0 fully saturated rings. The van der Waals surface area contributed by atoms with Gasteiger partial charge in [-0.05, 0) is 23.9 Å². The molecule has 1 aromatic heterocycles. The third-order valence-corrected chi connectivity index (χ3v) is 2.72. The van der Waals surface area contributed by atoms with Gasteiger partial charge in [0.15, 0.2) is 0 Å². The van der Waals surface area contributed by atoms with E-state index in [1.807, 2.05) is 0 Å². The maximum atomic E-state index is 10.5. The molecule has 0 saturated heterocycles. The maximum Gasteiger partial charge on any atom is 0.345 e.